The largest absolute Gasteiger partial charge is 0.598 e. The van der Waals surface area contributed by atoms with Gasteiger partial charge >= 0.3 is 11.4 Å². The molecule has 0 fully saturated rings. The van der Waals surface area contributed by atoms with Gasteiger partial charge in [-0.05, 0) is 39.3 Å². The second-order valence-corrected chi connectivity index (χ2v) is 10.6. The maximum absolute atomic E-state index is 14.7. The predicted molar refractivity (Wildman–Crippen MR) is 88.7 cm³/mol. The maximum Gasteiger partial charge on any atom is 0.389 e. The van der Waals surface area contributed by atoms with Crippen molar-refractivity contribution in [1.82, 2.24) is 4.72 Å². The maximum atomic E-state index is 14.7. The summed E-state index contributed by atoms with van der Waals surface area (Å²) in [5.74, 6) is 0. The summed E-state index contributed by atoms with van der Waals surface area (Å²) in [6.07, 6.45) is -7.66. The zero-order valence-corrected chi connectivity index (χ0v) is 15.9. The van der Waals surface area contributed by atoms with Crippen molar-refractivity contribution >= 4 is 21.2 Å². The number of hydrogen-bond acceptors (Lipinski definition) is 4. The molecule has 0 heterocycles. The molecular formula is C15H20F5NO3S2. The molecule has 1 N–H and O–H groups in total. The van der Waals surface area contributed by atoms with Gasteiger partial charge in [0.25, 0.3) is 0 Å². The van der Waals surface area contributed by atoms with Crippen molar-refractivity contribution in [2.45, 2.75) is 60.7 Å². The van der Waals surface area contributed by atoms with Crippen molar-refractivity contribution < 1.29 is 34.9 Å². The number of hydrogen-bond donors (Lipinski definition) is 1. The van der Waals surface area contributed by atoms with Crippen LogP contribution in [-0.2, 0) is 21.2 Å². The number of benzene rings is 1. The van der Waals surface area contributed by atoms with Crippen LogP contribution in [0.25, 0.3) is 0 Å². The smallest absolute Gasteiger partial charge is 0.389 e. The van der Waals surface area contributed by atoms with Crippen LogP contribution < -0.4 is 4.72 Å². The molecule has 1 unspecified atom stereocenters. The molecule has 26 heavy (non-hydrogen) atoms. The Morgan fingerprint density at radius 2 is 1.58 bits per heavy atom. The first-order chi connectivity index (χ1) is 11.6. The minimum atomic E-state index is -5.29. The van der Waals surface area contributed by atoms with Gasteiger partial charge in [0.15, 0.2) is 0 Å². The molecule has 0 aliphatic carbocycles. The summed E-state index contributed by atoms with van der Waals surface area (Å²) >= 11 is -2.20. The molecule has 0 saturated heterocycles. The van der Waals surface area contributed by atoms with Crippen LogP contribution >= 0.6 is 0 Å². The van der Waals surface area contributed by atoms with E-state index >= 15 is 0 Å². The highest BCUT2D eigenvalue weighted by Gasteiger charge is 2.55. The van der Waals surface area contributed by atoms with Crippen molar-refractivity contribution in [2.24, 2.45) is 0 Å². The van der Waals surface area contributed by atoms with Crippen molar-refractivity contribution in [3.05, 3.63) is 30.3 Å². The Morgan fingerprint density at radius 1 is 1.08 bits per heavy atom. The second-order valence-electron chi connectivity index (χ2n) is 6.58. The normalized spacial score (nSPS) is 16.3. The fourth-order valence-electron chi connectivity index (χ4n) is 1.85. The lowest BCUT2D eigenvalue weighted by Gasteiger charge is -2.32. The summed E-state index contributed by atoms with van der Waals surface area (Å²) in [7, 11) is -5.29. The number of rotatable bonds is 7. The highest BCUT2D eigenvalue weighted by Crippen LogP contribution is 2.36. The van der Waals surface area contributed by atoms with Crippen molar-refractivity contribution in [1.29, 1.82) is 0 Å². The van der Waals surface area contributed by atoms with E-state index in [-0.39, 0.29) is 0 Å². The van der Waals surface area contributed by atoms with E-state index in [1.807, 2.05) is 4.72 Å². The van der Waals surface area contributed by atoms with Crippen LogP contribution in [0.5, 0.6) is 0 Å². The first-order valence-electron chi connectivity index (χ1n) is 7.51. The average molecular weight is 421 g/mol. The van der Waals surface area contributed by atoms with Gasteiger partial charge in [-0.3, -0.25) is 0 Å². The number of halogens is 5. The van der Waals surface area contributed by atoms with Gasteiger partial charge in [0, 0.05) is 17.8 Å². The summed E-state index contributed by atoms with van der Waals surface area (Å²) in [4.78, 5) is -0.731. The van der Waals surface area contributed by atoms with E-state index in [1.165, 1.54) is 39.0 Å². The molecule has 0 saturated carbocycles. The predicted octanol–water partition coefficient (Wildman–Crippen LogP) is 3.82. The van der Waals surface area contributed by atoms with E-state index in [4.69, 9.17) is 0 Å². The average Bonchev–Trinajstić information content (AvgIpc) is 2.49. The zero-order valence-electron chi connectivity index (χ0n) is 14.3. The molecular weight excluding hydrogens is 401 g/mol. The Labute approximate surface area is 152 Å². The fourth-order valence-corrected chi connectivity index (χ4v) is 4.19. The molecule has 0 spiro atoms. The molecule has 0 radical (unpaired) electrons. The highest BCUT2D eigenvalue weighted by atomic mass is 32.2. The first kappa shape index (κ1) is 23.1. The number of nitrogens with one attached hydrogen (secondary N) is 1. The van der Waals surface area contributed by atoms with Crippen molar-refractivity contribution in [2.75, 3.05) is 0 Å². The zero-order chi connectivity index (χ0) is 20.4. The number of sulfone groups is 1. The molecule has 1 aromatic rings. The van der Waals surface area contributed by atoms with Crippen LogP contribution in [0.2, 0.25) is 0 Å². The van der Waals surface area contributed by atoms with Crippen LogP contribution in [0.1, 0.15) is 33.6 Å². The molecule has 0 aromatic heterocycles. The van der Waals surface area contributed by atoms with Gasteiger partial charge in [-0.25, -0.2) is 8.42 Å². The van der Waals surface area contributed by atoms with Crippen molar-refractivity contribution in [3.63, 3.8) is 0 Å². The summed E-state index contributed by atoms with van der Waals surface area (Å²) in [5, 5.41) is -4.60. The molecule has 0 bridgehead atoms. The number of alkyl halides is 5. The van der Waals surface area contributed by atoms with Crippen LogP contribution in [0.4, 0.5) is 22.0 Å². The van der Waals surface area contributed by atoms with E-state index in [9.17, 15) is 34.9 Å². The van der Waals surface area contributed by atoms with Gasteiger partial charge in [-0.1, -0.05) is 18.2 Å². The highest BCUT2D eigenvalue weighted by molar-refractivity contribution is 7.93. The van der Waals surface area contributed by atoms with Gasteiger partial charge < -0.3 is 4.55 Å². The van der Waals surface area contributed by atoms with Crippen LogP contribution in [0.3, 0.4) is 0 Å². The molecule has 1 rings (SSSR count). The van der Waals surface area contributed by atoms with Gasteiger partial charge in [0.05, 0.1) is 4.90 Å². The lowest BCUT2D eigenvalue weighted by Crippen LogP contribution is -2.55. The molecule has 0 aliphatic rings. The summed E-state index contributed by atoms with van der Waals surface area (Å²) in [5.41, 5.74) is 0. The third-order valence-electron chi connectivity index (χ3n) is 3.34. The molecule has 11 heteroatoms. The summed E-state index contributed by atoms with van der Waals surface area (Å²) in [6.45, 7) is 4.25. The first-order valence-corrected chi connectivity index (χ1v) is 10.1. The van der Waals surface area contributed by atoms with E-state index in [0.29, 0.717) is 0 Å². The molecule has 150 valence electrons. The lowest BCUT2D eigenvalue weighted by molar-refractivity contribution is -0.138. The second kappa shape index (κ2) is 7.99. The van der Waals surface area contributed by atoms with E-state index in [0.717, 1.165) is 12.1 Å². The minimum Gasteiger partial charge on any atom is -0.598 e. The quantitative estimate of drug-likeness (QED) is 0.537. The Balaban J connectivity index is 3.25. The lowest BCUT2D eigenvalue weighted by atomic mass is 10.2. The van der Waals surface area contributed by atoms with Crippen LogP contribution in [-0.4, -0.2) is 35.2 Å². The monoisotopic (exact) mass is 421 g/mol. The fraction of sp³-hybridized carbons (Fsp3) is 0.600. The van der Waals surface area contributed by atoms with Crippen molar-refractivity contribution in [3.8, 4) is 0 Å². The third kappa shape index (κ3) is 5.80. The molecule has 0 amide bonds. The van der Waals surface area contributed by atoms with Gasteiger partial charge in [-0.15, -0.1) is 4.72 Å². The van der Waals surface area contributed by atoms with Gasteiger partial charge in [0.2, 0.25) is 9.84 Å². The standard InChI is InChI=1S/C15H20F5NO3S2/c1-13(2,3)25(22)21-12(9-10-14(16,17)18)15(19,20)26(23,24)11-7-5-4-6-8-11/h4-8,12,21H,9-10H2,1-3H3/t12-,25?/m0/s1. The topological polar surface area (TPSA) is 69.2 Å². The van der Waals surface area contributed by atoms with Crippen LogP contribution in [0, 0.1) is 0 Å². The van der Waals surface area contributed by atoms with Gasteiger partial charge in [0.1, 0.15) is 10.8 Å². The molecule has 1 aromatic carbocycles. The molecule has 0 aliphatic heterocycles. The SMILES string of the molecule is CC(C)(C)[S+]([O-])N[C@@H](CCC(F)(F)F)C(F)(F)S(=O)(=O)c1ccccc1. The van der Waals surface area contributed by atoms with E-state index in [2.05, 4.69) is 0 Å². The minimum absolute atomic E-state index is 0.731. The van der Waals surface area contributed by atoms with E-state index in [1.54, 1.807) is 0 Å². The third-order valence-corrected chi connectivity index (χ3v) is 6.84. The molecule has 2 atom stereocenters. The Kier molecular flexibility index (Phi) is 7.11. The summed E-state index contributed by atoms with van der Waals surface area (Å²) < 4.78 is 104. The van der Waals surface area contributed by atoms with Gasteiger partial charge in [-0.2, -0.15) is 22.0 Å². The Morgan fingerprint density at radius 3 is 2.00 bits per heavy atom. The molecule has 4 nitrogen and oxygen atoms in total. The van der Waals surface area contributed by atoms with E-state index < -0.39 is 61.2 Å². The Bertz CT molecular complexity index is 687. The Hall–Kier alpha value is -0.910. The van der Waals surface area contributed by atoms with Crippen LogP contribution in [0.15, 0.2) is 35.2 Å². The summed E-state index contributed by atoms with van der Waals surface area (Å²) in [6, 6.07) is 3.21.